The van der Waals surface area contributed by atoms with Crippen molar-refractivity contribution in [3.8, 4) is 0 Å². The highest BCUT2D eigenvalue weighted by atomic mass is 16.6. The van der Waals surface area contributed by atoms with Crippen molar-refractivity contribution in [2.24, 2.45) is 0 Å². The van der Waals surface area contributed by atoms with Gasteiger partial charge >= 0.3 is 17.9 Å². The number of allylic oxidation sites excluding steroid dienone is 16. The SMILES string of the molecule is CC/C=C\C/C=C\C/C=C\CCCCC(=O)OCC(COC(=O)CCC/C=C\C/C=C\C/C=C\C/C=C\CCCCC)OC(=O)CCCCCCC/C=C\CCCCCCCCC. The maximum absolute atomic E-state index is 12.8. The van der Waals surface area contributed by atoms with Crippen LogP contribution in [0.4, 0.5) is 0 Å². The molecule has 0 N–H and O–H groups in total. The van der Waals surface area contributed by atoms with Gasteiger partial charge in [-0.3, -0.25) is 14.4 Å². The summed E-state index contributed by atoms with van der Waals surface area (Å²) >= 11 is 0. The first-order valence-electron chi connectivity index (χ1n) is 25.7. The van der Waals surface area contributed by atoms with Crippen LogP contribution in [0.2, 0.25) is 0 Å². The third-order valence-corrected chi connectivity index (χ3v) is 10.5. The lowest BCUT2D eigenvalue weighted by Gasteiger charge is -2.18. The van der Waals surface area contributed by atoms with Gasteiger partial charge in [0.1, 0.15) is 13.2 Å². The zero-order valence-corrected chi connectivity index (χ0v) is 40.8. The molecule has 0 heterocycles. The van der Waals surface area contributed by atoms with Crippen LogP contribution in [0.25, 0.3) is 0 Å². The summed E-state index contributed by atoms with van der Waals surface area (Å²) in [4.78, 5) is 37.9. The van der Waals surface area contributed by atoms with E-state index in [4.69, 9.17) is 14.2 Å². The molecule has 0 bridgehead atoms. The Morgan fingerprint density at radius 1 is 0.333 bits per heavy atom. The summed E-state index contributed by atoms with van der Waals surface area (Å²) in [7, 11) is 0. The van der Waals surface area contributed by atoms with Crippen molar-refractivity contribution < 1.29 is 28.6 Å². The van der Waals surface area contributed by atoms with Gasteiger partial charge in [0.2, 0.25) is 0 Å². The molecule has 0 aromatic rings. The average Bonchev–Trinajstić information content (AvgIpc) is 3.28. The summed E-state index contributed by atoms with van der Waals surface area (Å²) in [5.41, 5.74) is 0. The van der Waals surface area contributed by atoms with Gasteiger partial charge in [0.25, 0.3) is 0 Å². The Morgan fingerprint density at radius 2 is 0.635 bits per heavy atom. The van der Waals surface area contributed by atoms with E-state index < -0.39 is 6.10 Å². The van der Waals surface area contributed by atoms with Gasteiger partial charge in [0, 0.05) is 19.3 Å². The van der Waals surface area contributed by atoms with E-state index >= 15 is 0 Å². The summed E-state index contributed by atoms with van der Waals surface area (Å²) in [6, 6.07) is 0. The van der Waals surface area contributed by atoms with Crippen LogP contribution in [0.15, 0.2) is 97.2 Å². The molecule has 0 spiro atoms. The Balaban J connectivity index is 4.53. The standard InChI is InChI=1S/C57H94O6/c1-4-7-10-13-16-19-22-25-27-29-31-32-35-38-41-44-47-50-56(59)62-53-54(52-61-55(58)49-46-43-40-37-34-24-21-18-15-12-9-6-3)63-57(60)51-48-45-42-39-36-33-30-28-26-23-20-17-14-11-8-5-2/h9,12,16,18-19,21,25,27-28,30-32,34,37-38,41,54H,4-8,10-11,13-15,17,20,22-24,26,29,33,35-36,39-40,42-53H2,1-3H3/b12-9-,19-16-,21-18-,27-25-,30-28-,32-31-,37-34-,41-38-. The maximum atomic E-state index is 12.8. The van der Waals surface area contributed by atoms with Crippen molar-refractivity contribution in [2.75, 3.05) is 13.2 Å². The predicted molar refractivity (Wildman–Crippen MR) is 270 cm³/mol. The summed E-state index contributed by atoms with van der Waals surface area (Å²) in [5, 5.41) is 0. The molecule has 0 radical (unpaired) electrons. The highest BCUT2D eigenvalue weighted by Crippen LogP contribution is 2.13. The largest absolute Gasteiger partial charge is 0.462 e. The normalized spacial score (nSPS) is 12.9. The second-order valence-electron chi connectivity index (χ2n) is 16.7. The molecule has 0 aliphatic carbocycles. The van der Waals surface area contributed by atoms with Crippen LogP contribution in [-0.2, 0) is 28.6 Å². The minimum absolute atomic E-state index is 0.119. The van der Waals surface area contributed by atoms with Crippen LogP contribution in [-0.4, -0.2) is 37.2 Å². The Kier molecular flexibility index (Phi) is 48.0. The topological polar surface area (TPSA) is 78.9 Å². The Hall–Kier alpha value is -3.67. The van der Waals surface area contributed by atoms with E-state index in [2.05, 4.69) is 118 Å². The number of carbonyl (C=O) groups is 3. The molecule has 0 rings (SSSR count). The third-order valence-electron chi connectivity index (χ3n) is 10.5. The van der Waals surface area contributed by atoms with Gasteiger partial charge in [-0.1, -0.05) is 189 Å². The summed E-state index contributed by atoms with van der Waals surface area (Å²) in [6.45, 7) is 6.39. The van der Waals surface area contributed by atoms with Crippen LogP contribution in [0, 0.1) is 0 Å². The molecule has 0 fully saturated rings. The van der Waals surface area contributed by atoms with E-state index in [-0.39, 0.29) is 37.5 Å². The maximum Gasteiger partial charge on any atom is 0.306 e. The average molecular weight is 875 g/mol. The van der Waals surface area contributed by atoms with E-state index in [0.29, 0.717) is 19.3 Å². The smallest absolute Gasteiger partial charge is 0.306 e. The Morgan fingerprint density at radius 3 is 1.11 bits per heavy atom. The zero-order valence-electron chi connectivity index (χ0n) is 40.8. The quantitative estimate of drug-likeness (QED) is 0.0262. The van der Waals surface area contributed by atoms with Crippen LogP contribution in [0.5, 0.6) is 0 Å². The molecule has 0 aliphatic heterocycles. The molecular weight excluding hydrogens is 781 g/mol. The monoisotopic (exact) mass is 875 g/mol. The summed E-state index contributed by atoms with van der Waals surface area (Å²) < 4.78 is 16.7. The lowest BCUT2D eigenvalue weighted by atomic mass is 10.1. The van der Waals surface area contributed by atoms with E-state index in [1.165, 1.54) is 83.5 Å². The number of hydrogen-bond acceptors (Lipinski definition) is 6. The molecule has 0 amide bonds. The van der Waals surface area contributed by atoms with Gasteiger partial charge in [0.05, 0.1) is 0 Å². The van der Waals surface area contributed by atoms with E-state index in [1.54, 1.807) is 0 Å². The van der Waals surface area contributed by atoms with E-state index in [0.717, 1.165) is 96.3 Å². The molecule has 0 saturated heterocycles. The van der Waals surface area contributed by atoms with Gasteiger partial charge < -0.3 is 14.2 Å². The number of carbonyl (C=O) groups excluding carboxylic acids is 3. The molecule has 6 nitrogen and oxygen atoms in total. The molecular formula is C57H94O6. The molecule has 63 heavy (non-hydrogen) atoms. The van der Waals surface area contributed by atoms with E-state index in [9.17, 15) is 14.4 Å². The van der Waals surface area contributed by atoms with Crippen LogP contribution in [0.1, 0.15) is 226 Å². The molecule has 0 aromatic heterocycles. The van der Waals surface area contributed by atoms with Crippen molar-refractivity contribution in [3.63, 3.8) is 0 Å². The number of unbranched alkanes of at least 4 members (excludes halogenated alkanes) is 18. The van der Waals surface area contributed by atoms with Gasteiger partial charge in [-0.2, -0.15) is 0 Å². The lowest BCUT2D eigenvalue weighted by Crippen LogP contribution is -2.30. The first-order chi connectivity index (χ1) is 31.0. The number of ether oxygens (including phenoxy) is 3. The molecule has 1 atom stereocenters. The second-order valence-corrected chi connectivity index (χ2v) is 16.7. The van der Waals surface area contributed by atoms with Crippen molar-refractivity contribution in [2.45, 2.75) is 232 Å². The van der Waals surface area contributed by atoms with Crippen molar-refractivity contribution in [3.05, 3.63) is 97.2 Å². The van der Waals surface area contributed by atoms with Crippen molar-refractivity contribution in [1.29, 1.82) is 0 Å². The van der Waals surface area contributed by atoms with Crippen molar-refractivity contribution in [1.82, 2.24) is 0 Å². The first-order valence-corrected chi connectivity index (χ1v) is 25.7. The predicted octanol–water partition coefficient (Wildman–Crippen LogP) is 17.0. The molecule has 6 heteroatoms. The van der Waals surface area contributed by atoms with E-state index in [1.807, 2.05) is 0 Å². The Labute approximate surface area is 387 Å². The number of hydrogen-bond donors (Lipinski definition) is 0. The fraction of sp³-hybridized carbons (Fsp3) is 0.667. The highest BCUT2D eigenvalue weighted by Gasteiger charge is 2.19. The fourth-order valence-corrected chi connectivity index (χ4v) is 6.68. The molecule has 0 saturated carbocycles. The molecule has 358 valence electrons. The molecule has 1 unspecified atom stereocenters. The van der Waals surface area contributed by atoms with Gasteiger partial charge in [0.15, 0.2) is 6.10 Å². The minimum Gasteiger partial charge on any atom is -0.462 e. The number of esters is 3. The summed E-state index contributed by atoms with van der Waals surface area (Å²) in [6.07, 6.45) is 66.9. The first kappa shape index (κ1) is 59.3. The van der Waals surface area contributed by atoms with Gasteiger partial charge in [-0.15, -0.1) is 0 Å². The van der Waals surface area contributed by atoms with Crippen LogP contribution < -0.4 is 0 Å². The molecule has 0 aromatic carbocycles. The van der Waals surface area contributed by atoms with Gasteiger partial charge in [-0.05, 0) is 116 Å². The van der Waals surface area contributed by atoms with Crippen LogP contribution in [0.3, 0.4) is 0 Å². The van der Waals surface area contributed by atoms with Crippen LogP contribution >= 0.6 is 0 Å². The Bertz CT molecular complexity index is 1280. The number of rotatable bonds is 45. The fourth-order valence-electron chi connectivity index (χ4n) is 6.68. The van der Waals surface area contributed by atoms with Crippen molar-refractivity contribution >= 4 is 17.9 Å². The second kappa shape index (κ2) is 51.0. The zero-order chi connectivity index (χ0) is 45.8. The minimum atomic E-state index is -0.819. The summed E-state index contributed by atoms with van der Waals surface area (Å²) in [5.74, 6) is -1.02. The third kappa shape index (κ3) is 49.2. The lowest BCUT2D eigenvalue weighted by molar-refractivity contribution is -0.167. The molecule has 0 aliphatic rings. The highest BCUT2D eigenvalue weighted by molar-refractivity contribution is 5.71. The van der Waals surface area contributed by atoms with Gasteiger partial charge in [-0.25, -0.2) is 0 Å².